The molecule has 0 bridgehead atoms. The summed E-state index contributed by atoms with van der Waals surface area (Å²) >= 11 is 0. The molecule has 0 N–H and O–H groups in total. The largest absolute Gasteiger partial charge is 0.465 e. The number of ketones is 1. The van der Waals surface area contributed by atoms with Crippen LogP contribution in [-0.4, -0.2) is 18.9 Å². The second-order valence-electron chi connectivity index (χ2n) is 4.18. The fourth-order valence-corrected chi connectivity index (χ4v) is 1.76. The summed E-state index contributed by atoms with van der Waals surface area (Å²) in [5.41, 5.74) is 1.87. The fourth-order valence-electron chi connectivity index (χ4n) is 1.76. The lowest BCUT2D eigenvalue weighted by Gasteiger charge is -2.00. The van der Waals surface area contributed by atoms with Crippen molar-refractivity contribution in [2.75, 3.05) is 7.11 Å². The summed E-state index contributed by atoms with van der Waals surface area (Å²) < 4.78 is 4.66. The number of hydrogen-bond acceptors (Lipinski definition) is 3. The van der Waals surface area contributed by atoms with E-state index < -0.39 is 5.97 Å². The average Bonchev–Trinajstić information content (AvgIpc) is 2.53. The van der Waals surface area contributed by atoms with Crippen molar-refractivity contribution in [3.05, 3.63) is 77.4 Å². The molecule has 2 aromatic rings. The molecule has 100 valence electrons. The van der Waals surface area contributed by atoms with Crippen LogP contribution < -0.4 is 0 Å². The zero-order chi connectivity index (χ0) is 14.4. The van der Waals surface area contributed by atoms with Crippen molar-refractivity contribution in [3.8, 4) is 0 Å². The van der Waals surface area contributed by atoms with Crippen LogP contribution in [0.4, 0.5) is 0 Å². The third kappa shape index (κ3) is 3.42. The second kappa shape index (κ2) is 6.48. The molecule has 2 aromatic carbocycles. The normalized spacial score (nSPS) is 10.4. The molecule has 0 aliphatic rings. The first-order chi connectivity index (χ1) is 9.70. The van der Waals surface area contributed by atoms with Crippen LogP contribution >= 0.6 is 0 Å². The van der Waals surface area contributed by atoms with Gasteiger partial charge in [-0.3, -0.25) is 4.79 Å². The Kier molecular flexibility index (Phi) is 4.45. The standard InChI is InChI=1S/C17H14O3/c1-20-17(19)15-9-5-6-13(12-15)10-11-16(18)14-7-3-2-4-8-14/h2-12H,1H3. The molecule has 3 nitrogen and oxygen atoms in total. The van der Waals surface area contributed by atoms with Gasteiger partial charge in [-0.05, 0) is 23.8 Å². The predicted octanol–water partition coefficient (Wildman–Crippen LogP) is 3.37. The lowest BCUT2D eigenvalue weighted by Crippen LogP contribution is -2.00. The molecule has 0 heterocycles. The Balaban J connectivity index is 2.16. The number of allylic oxidation sites excluding steroid dienone is 1. The SMILES string of the molecule is COC(=O)c1cccc(C=CC(=O)c2ccccc2)c1. The minimum absolute atomic E-state index is 0.0749. The van der Waals surface area contributed by atoms with Crippen molar-refractivity contribution in [3.63, 3.8) is 0 Å². The first-order valence-electron chi connectivity index (χ1n) is 6.16. The number of ether oxygens (including phenoxy) is 1. The number of methoxy groups -OCH3 is 1. The number of rotatable bonds is 4. The lowest BCUT2D eigenvalue weighted by molar-refractivity contribution is 0.0600. The van der Waals surface area contributed by atoms with E-state index >= 15 is 0 Å². The Hall–Kier alpha value is -2.68. The number of esters is 1. The minimum atomic E-state index is -0.394. The molecule has 0 radical (unpaired) electrons. The maximum Gasteiger partial charge on any atom is 0.337 e. The molecule has 0 spiro atoms. The highest BCUT2D eigenvalue weighted by Gasteiger charge is 2.04. The van der Waals surface area contributed by atoms with Gasteiger partial charge in [-0.25, -0.2) is 4.79 Å². The average molecular weight is 266 g/mol. The van der Waals surface area contributed by atoms with Crippen molar-refractivity contribution in [1.29, 1.82) is 0 Å². The van der Waals surface area contributed by atoms with E-state index in [1.165, 1.54) is 13.2 Å². The van der Waals surface area contributed by atoms with Crippen molar-refractivity contribution in [1.82, 2.24) is 0 Å². The molecule has 0 fully saturated rings. The van der Waals surface area contributed by atoms with Gasteiger partial charge in [0.1, 0.15) is 0 Å². The van der Waals surface area contributed by atoms with E-state index in [1.807, 2.05) is 24.3 Å². The van der Waals surface area contributed by atoms with Gasteiger partial charge in [0.15, 0.2) is 5.78 Å². The minimum Gasteiger partial charge on any atom is -0.465 e. The van der Waals surface area contributed by atoms with Crippen molar-refractivity contribution < 1.29 is 14.3 Å². The van der Waals surface area contributed by atoms with Crippen molar-refractivity contribution in [2.45, 2.75) is 0 Å². The van der Waals surface area contributed by atoms with Crippen LogP contribution in [-0.2, 0) is 4.74 Å². The van der Waals surface area contributed by atoms with Crippen molar-refractivity contribution >= 4 is 17.8 Å². The Labute approximate surface area is 117 Å². The summed E-state index contributed by atoms with van der Waals surface area (Å²) in [4.78, 5) is 23.3. The molecule has 0 aliphatic heterocycles. The topological polar surface area (TPSA) is 43.4 Å². The van der Waals surface area contributed by atoms with E-state index in [2.05, 4.69) is 4.74 Å². The molecule has 2 rings (SSSR count). The molecule has 0 aliphatic carbocycles. The highest BCUT2D eigenvalue weighted by molar-refractivity contribution is 6.06. The molecule has 0 amide bonds. The van der Waals surface area contributed by atoms with E-state index in [9.17, 15) is 9.59 Å². The number of hydrogen-bond donors (Lipinski definition) is 0. The van der Waals surface area contributed by atoms with E-state index in [0.717, 1.165) is 5.56 Å². The molecular formula is C17H14O3. The van der Waals surface area contributed by atoms with E-state index in [1.54, 1.807) is 36.4 Å². The highest BCUT2D eigenvalue weighted by atomic mass is 16.5. The van der Waals surface area contributed by atoms with Gasteiger partial charge in [0, 0.05) is 5.56 Å². The zero-order valence-electron chi connectivity index (χ0n) is 11.1. The molecule has 0 saturated carbocycles. The third-order valence-corrected chi connectivity index (χ3v) is 2.79. The molecule has 0 saturated heterocycles. The summed E-state index contributed by atoms with van der Waals surface area (Å²) in [5.74, 6) is -0.469. The lowest BCUT2D eigenvalue weighted by atomic mass is 10.1. The molecule has 0 atom stereocenters. The maximum atomic E-state index is 11.9. The molecular weight excluding hydrogens is 252 g/mol. The van der Waals surface area contributed by atoms with Gasteiger partial charge in [-0.15, -0.1) is 0 Å². The van der Waals surface area contributed by atoms with Gasteiger partial charge in [0.25, 0.3) is 0 Å². The van der Waals surface area contributed by atoms with Gasteiger partial charge in [-0.2, -0.15) is 0 Å². The van der Waals surface area contributed by atoms with Gasteiger partial charge >= 0.3 is 5.97 Å². The Bertz CT molecular complexity index is 642. The Morgan fingerprint density at radius 1 is 0.950 bits per heavy atom. The first-order valence-corrected chi connectivity index (χ1v) is 6.16. The van der Waals surface area contributed by atoms with E-state index in [0.29, 0.717) is 11.1 Å². The van der Waals surface area contributed by atoms with Gasteiger partial charge < -0.3 is 4.74 Å². The summed E-state index contributed by atoms with van der Waals surface area (Å²) in [6.45, 7) is 0. The summed E-state index contributed by atoms with van der Waals surface area (Å²) in [5, 5.41) is 0. The summed E-state index contributed by atoms with van der Waals surface area (Å²) in [6, 6.07) is 15.9. The number of carbonyl (C=O) groups excluding carboxylic acids is 2. The molecule has 20 heavy (non-hydrogen) atoms. The monoisotopic (exact) mass is 266 g/mol. The predicted molar refractivity (Wildman–Crippen MR) is 77.6 cm³/mol. The van der Waals surface area contributed by atoms with Crippen LogP contribution in [0.3, 0.4) is 0 Å². The first kappa shape index (κ1) is 13.7. The third-order valence-electron chi connectivity index (χ3n) is 2.79. The second-order valence-corrected chi connectivity index (χ2v) is 4.18. The number of carbonyl (C=O) groups is 2. The highest BCUT2D eigenvalue weighted by Crippen LogP contribution is 2.09. The van der Waals surface area contributed by atoms with E-state index in [-0.39, 0.29) is 5.78 Å². The zero-order valence-corrected chi connectivity index (χ0v) is 11.1. The van der Waals surface area contributed by atoms with Crippen LogP contribution in [0.15, 0.2) is 60.7 Å². The Morgan fingerprint density at radius 2 is 1.65 bits per heavy atom. The quantitative estimate of drug-likeness (QED) is 0.484. The van der Waals surface area contributed by atoms with Gasteiger partial charge in [0.2, 0.25) is 0 Å². The van der Waals surface area contributed by atoms with Crippen molar-refractivity contribution in [2.24, 2.45) is 0 Å². The van der Waals surface area contributed by atoms with Gasteiger partial charge in [-0.1, -0.05) is 48.5 Å². The van der Waals surface area contributed by atoms with E-state index in [4.69, 9.17) is 0 Å². The fraction of sp³-hybridized carbons (Fsp3) is 0.0588. The summed E-state index contributed by atoms with van der Waals surface area (Å²) in [6.07, 6.45) is 3.17. The van der Waals surface area contributed by atoms with Crippen LogP contribution in [0.25, 0.3) is 6.08 Å². The van der Waals surface area contributed by atoms with Crippen LogP contribution in [0.5, 0.6) is 0 Å². The van der Waals surface area contributed by atoms with Crippen LogP contribution in [0, 0.1) is 0 Å². The smallest absolute Gasteiger partial charge is 0.337 e. The number of benzene rings is 2. The van der Waals surface area contributed by atoms with Crippen LogP contribution in [0.1, 0.15) is 26.3 Å². The molecule has 0 unspecified atom stereocenters. The maximum absolute atomic E-state index is 11.9. The molecule has 3 heteroatoms. The summed E-state index contributed by atoms with van der Waals surface area (Å²) in [7, 11) is 1.34. The molecule has 0 aromatic heterocycles. The Morgan fingerprint density at radius 3 is 2.35 bits per heavy atom. The van der Waals surface area contributed by atoms with Crippen LogP contribution in [0.2, 0.25) is 0 Å². The van der Waals surface area contributed by atoms with Gasteiger partial charge in [0.05, 0.1) is 12.7 Å².